The minimum atomic E-state index is -3.84. The number of hydrogen-bond acceptors (Lipinski definition) is 3. The number of carboxylic acid groups (broad SMARTS) is 1. The summed E-state index contributed by atoms with van der Waals surface area (Å²) in [5, 5.41) is 8.96. The van der Waals surface area contributed by atoms with Gasteiger partial charge in [-0.25, -0.2) is 17.6 Å². The van der Waals surface area contributed by atoms with Gasteiger partial charge in [-0.05, 0) is 40.5 Å². The Bertz CT molecular complexity index is 619. The van der Waals surface area contributed by atoms with E-state index < -0.39 is 22.2 Å². The lowest BCUT2D eigenvalue weighted by Gasteiger charge is -2.16. The maximum absolute atomic E-state index is 13.1. The molecule has 0 amide bonds. The van der Waals surface area contributed by atoms with Crippen molar-refractivity contribution >= 4 is 31.9 Å². The van der Waals surface area contributed by atoms with Gasteiger partial charge >= 0.3 is 5.97 Å². The molecule has 0 bridgehead atoms. The number of nitrogens with zero attached hydrogens (tertiary/aromatic N) is 1. The van der Waals surface area contributed by atoms with E-state index in [9.17, 15) is 17.6 Å². The second-order valence-corrected chi connectivity index (χ2v) is 6.99. The predicted octanol–water partition coefficient (Wildman–Crippen LogP) is 1.88. The molecular formula is C11H11BrFNO4S. The van der Waals surface area contributed by atoms with Crippen LogP contribution in [-0.2, 0) is 10.0 Å². The Labute approximate surface area is 118 Å². The molecule has 0 aliphatic carbocycles. The summed E-state index contributed by atoms with van der Waals surface area (Å²) >= 11 is 3.04. The normalized spacial score (nSPS) is 20.6. The summed E-state index contributed by atoms with van der Waals surface area (Å²) in [5.41, 5.74) is -0.142. The number of halogens is 2. The van der Waals surface area contributed by atoms with Crippen molar-refractivity contribution < 1.29 is 22.7 Å². The summed E-state index contributed by atoms with van der Waals surface area (Å²) in [7, 11) is -3.84. The molecule has 1 aliphatic rings. The van der Waals surface area contributed by atoms with Crippen molar-refractivity contribution in [1.29, 1.82) is 0 Å². The van der Waals surface area contributed by atoms with E-state index in [2.05, 4.69) is 15.9 Å². The summed E-state index contributed by atoms with van der Waals surface area (Å²) < 4.78 is 38.8. The Kier molecular flexibility index (Phi) is 3.93. The van der Waals surface area contributed by atoms with Gasteiger partial charge in [0.1, 0.15) is 6.17 Å². The maximum atomic E-state index is 13.1. The van der Waals surface area contributed by atoms with Crippen LogP contribution in [0.3, 0.4) is 0 Å². The van der Waals surface area contributed by atoms with Crippen molar-refractivity contribution in [1.82, 2.24) is 4.31 Å². The Morgan fingerprint density at radius 1 is 1.47 bits per heavy atom. The predicted molar refractivity (Wildman–Crippen MR) is 69.4 cm³/mol. The standard InChI is InChI=1S/C11H11BrFNO4S/c12-10-2-1-8(5-9(10)11(15)16)19(17,18)14-4-3-7(13)6-14/h1-2,5,7H,3-4,6H2,(H,15,16)/t7-/m0/s1. The number of rotatable bonds is 3. The number of benzene rings is 1. The number of alkyl halides is 1. The molecule has 1 N–H and O–H groups in total. The molecule has 1 atom stereocenters. The average Bonchev–Trinajstić information content (AvgIpc) is 2.76. The van der Waals surface area contributed by atoms with Gasteiger partial charge in [0.25, 0.3) is 0 Å². The molecule has 1 aliphatic heterocycles. The largest absolute Gasteiger partial charge is 0.478 e. The van der Waals surface area contributed by atoms with Gasteiger partial charge in [0, 0.05) is 17.6 Å². The number of sulfonamides is 1. The van der Waals surface area contributed by atoms with Gasteiger partial charge in [0.05, 0.1) is 10.5 Å². The van der Waals surface area contributed by atoms with Crippen LogP contribution >= 0.6 is 15.9 Å². The molecule has 2 rings (SSSR count). The average molecular weight is 352 g/mol. The Hall–Kier alpha value is -0.990. The molecule has 5 nitrogen and oxygen atoms in total. The molecule has 1 aromatic rings. The lowest BCUT2D eigenvalue weighted by Crippen LogP contribution is -2.29. The third-order valence-corrected chi connectivity index (χ3v) is 5.45. The van der Waals surface area contributed by atoms with E-state index >= 15 is 0 Å². The summed E-state index contributed by atoms with van der Waals surface area (Å²) in [6, 6.07) is 3.74. The van der Waals surface area contributed by atoms with Crippen molar-refractivity contribution in [3.8, 4) is 0 Å². The monoisotopic (exact) mass is 351 g/mol. The summed E-state index contributed by atoms with van der Waals surface area (Å²) in [6.07, 6.45) is -0.995. The number of aromatic carboxylic acids is 1. The van der Waals surface area contributed by atoms with Gasteiger partial charge in [-0.15, -0.1) is 0 Å². The van der Waals surface area contributed by atoms with Crippen molar-refractivity contribution in [3.63, 3.8) is 0 Å². The van der Waals surface area contributed by atoms with Gasteiger partial charge in [-0.1, -0.05) is 0 Å². The third-order valence-electron chi connectivity index (χ3n) is 2.90. The summed E-state index contributed by atoms with van der Waals surface area (Å²) in [5.74, 6) is -1.23. The highest BCUT2D eigenvalue weighted by Gasteiger charge is 2.33. The zero-order valence-electron chi connectivity index (χ0n) is 9.71. The van der Waals surface area contributed by atoms with Gasteiger partial charge in [-0.3, -0.25) is 0 Å². The molecule has 104 valence electrons. The fourth-order valence-electron chi connectivity index (χ4n) is 1.88. The van der Waals surface area contributed by atoms with E-state index in [0.717, 1.165) is 10.4 Å². The molecular weight excluding hydrogens is 341 g/mol. The van der Waals surface area contributed by atoms with Crippen LogP contribution in [0.4, 0.5) is 4.39 Å². The minimum Gasteiger partial charge on any atom is -0.478 e. The lowest BCUT2D eigenvalue weighted by atomic mass is 10.2. The van der Waals surface area contributed by atoms with Gasteiger partial charge < -0.3 is 5.11 Å². The molecule has 0 aromatic heterocycles. The maximum Gasteiger partial charge on any atom is 0.336 e. The smallest absolute Gasteiger partial charge is 0.336 e. The van der Waals surface area contributed by atoms with E-state index in [4.69, 9.17) is 5.11 Å². The van der Waals surface area contributed by atoms with Crippen LogP contribution in [0.2, 0.25) is 0 Å². The van der Waals surface area contributed by atoms with Crippen LogP contribution in [0.15, 0.2) is 27.6 Å². The fraction of sp³-hybridized carbons (Fsp3) is 0.364. The van der Waals surface area contributed by atoms with Crippen molar-refractivity contribution in [2.45, 2.75) is 17.5 Å². The number of hydrogen-bond donors (Lipinski definition) is 1. The van der Waals surface area contributed by atoms with E-state index in [1.54, 1.807) is 0 Å². The molecule has 0 unspecified atom stereocenters. The third kappa shape index (κ3) is 2.80. The van der Waals surface area contributed by atoms with Crippen LogP contribution in [-0.4, -0.2) is 43.1 Å². The van der Waals surface area contributed by atoms with Crippen LogP contribution < -0.4 is 0 Å². The molecule has 1 heterocycles. The molecule has 0 radical (unpaired) electrons. The summed E-state index contributed by atoms with van der Waals surface area (Å²) in [4.78, 5) is 10.8. The second kappa shape index (κ2) is 5.18. The first-order valence-electron chi connectivity index (χ1n) is 5.49. The first-order chi connectivity index (χ1) is 8.82. The highest BCUT2D eigenvalue weighted by Crippen LogP contribution is 2.26. The number of carboxylic acids is 1. The Balaban J connectivity index is 2.41. The summed E-state index contributed by atoms with van der Waals surface area (Å²) in [6.45, 7) is -0.0667. The van der Waals surface area contributed by atoms with Gasteiger partial charge in [-0.2, -0.15) is 4.31 Å². The molecule has 1 aromatic carbocycles. The molecule has 1 saturated heterocycles. The van der Waals surface area contributed by atoms with E-state index in [0.29, 0.717) is 4.47 Å². The SMILES string of the molecule is O=C(O)c1cc(S(=O)(=O)N2CC[C@H](F)C2)ccc1Br. The van der Waals surface area contributed by atoms with E-state index in [-0.39, 0.29) is 30.0 Å². The van der Waals surface area contributed by atoms with Gasteiger partial charge in [0.2, 0.25) is 10.0 Å². The van der Waals surface area contributed by atoms with Crippen molar-refractivity contribution in [2.75, 3.05) is 13.1 Å². The first-order valence-corrected chi connectivity index (χ1v) is 7.73. The molecule has 0 saturated carbocycles. The first kappa shape index (κ1) is 14.4. The fourth-order valence-corrected chi connectivity index (χ4v) is 3.81. The molecule has 19 heavy (non-hydrogen) atoms. The highest BCUT2D eigenvalue weighted by molar-refractivity contribution is 9.10. The van der Waals surface area contributed by atoms with Crippen molar-refractivity contribution in [3.05, 3.63) is 28.2 Å². The van der Waals surface area contributed by atoms with Crippen molar-refractivity contribution in [2.24, 2.45) is 0 Å². The highest BCUT2D eigenvalue weighted by atomic mass is 79.9. The van der Waals surface area contributed by atoms with Gasteiger partial charge in [0.15, 0.2) is 0 Å². The van der Waals surface area contributed by atoms with E-state index in [1.165, 1.54) is 12.1 Å². The van der Waals surface area contributed by atoms with Crippen LogP contribution in [0.5, 0.6) is 0 Å². The zero-order valence-corrected chi connectivity index (χ0v) is 12.1. The number of carbonyl (C=O) groups is 1. The zero-order chi connectivity index (χ0) is 14.2. The van der Waals surface area contributed by atoms with E-state index in [1.807, 2.05) is 0 Å². The van der Waals surface area contributed by atoms with Crippen LogP contribution in [0.1, 0.15) is 16.8 Å². The van der Waals surface area contributed by atoms with Crippen LogP contribution in [0.25, 0.3) is 0 Å². The Morgan fingerprint density at radius 3 is 2.68 bits per heavy atom. The lowest BCUT2D eigenvalue weighted by molar-refractivity contribution is 0.0695. The quantitative estimate of drug-likeness (QED) is 0.902. The minimum absolute atomic E-state index is 0.113. The topological polar surface area (TPSA) is 74.7 Å². The molecule has 1 fully saturated rings. The Morgan fingerprint density at radius 2 is 2.16 bits per heavy atom. The van der Waals surface area contributed by atoms with Crippen LogP contribution in [0, 0.1) is 0 Å². The molecule has 8 heteroatoms. The second-order valence-electron chi connectivity index (χ2n) is 4.20. The molecule has 0 spiro atoms.